The zero-order chi connectivity index (χ0) is 13.1. The van der Waals surface area contributed by atoms with Crippen LogP contribution in [0.4, 0.5) is 0 Å². The molecular formula is C15H15INOY-. The van der Waals surface area contributed by atoms with Crippen molar-refractivity contribution in [1.82, 2.24) is 4.90 Å². The molecule has 19 heavy (non-hydrogen) atoms. The van der Waals surface area contributed by atoms with E-state index in [4.69, 9.17) is 4.74 Å². The molecule has 0 unspecified atom stereocenters. The molecule has 0 bridgehead atoms. The Hall–Kier alpha value is -0.126. The van der Waals surface area contributed by atoms with Crippen LogP contribution in [0.1, 0.15) is 12.5 Å². The van der Waals surface area contributed by atoms with E-state index in [0.29, 0.717) is 6.61 Å². The summed E-state index contributed by atoms with van der Waals surface area (Å²) in [6, 6.07) is 8.05. The summed E-state index contributed by atoms with van der Waals surface area (Å²) in [7, 11) is 2.01. The van der Waals surface area contributed by atoms with Crippen molar-refractivity contribution in [2.24, 2.45) is 0 Å². The monoisotopic (exact) mass is 441 g/mol. The number of likely N-dealkylation sites (N-methyl/N-ethyl adjacent to an activating group) is 1. The second-order valence-corrected chi connectivity index (χ2v) is 5.11. The van der Waals surface area contributed by atoms with E-state index in [0.717, 1.165) is 26.3 Å². The average Bonchev–Trinajstić information content (AvgIpc) is 2.38. The van der Waals surface area contributed by atoms with Crippen LogP contribution in [0.15, 0.2) is 46.2 Å². The number of allylic oxidation sites excluding steroid dienone is 3. The molecule has 1 aliphatic heterocycles. The molecule has 0 N–H and O–H groups in total. The summed E-state index contributed by atoms with van der Waals surface area (Å²) in [5.74, 6) is 0.893. The van der Waals surface area contributed by atoms with Crippen LogP contribution < -0.4 is 4.74 Å². The first-order valence-electron chi connectivity index (χ1n) is 5.79. The topological polar surface area (TPSA) is 12.5 Å². The Balaban J connectivity index is 0.00000180. The molecule has 0 aliphatic carbocycles. The maximum Gasteiger partial charge on any atom is 0.117 e. The normalized spacial score (nSPS) is 14.5. The van der Waals surface area contributed by atoms with Gasteiger partial charge >= 0.3 is 0 Å². The maximum atomic E-state index is 5.44. The van der Waals surface area contributed by atoms with Crippen molar-refractivity contribution in [3.8, 4) is 5.75 Å². The van der Waals surface area contributed by atoms with Crippen molar-refractivity contribution in [2.75, 3.05) is 13.7 Å². The first kappa shape index (κ1) is 16.9. The van der Waals surface area contributed by atoms with E-state index in [-0.39, 0.29) is 32.7 Å². The van der Waals surface area contributed by atoms with Crippen LogP contribution in [-0.2, 0) is 32.7 Å². The third-order valence-electron chi connectivity index (χ3n) is 2.79. The fourth-order valence-electron chi connectivity index (χ4n) is 1.76. The molecular weight excluding hydrogens is 426 g/mol. The van der Waals surface area contributed by atoms with E-state index in [1.807, 2.05) is 44.3 Å². The number of hydrogen-bond acceptors (Lipinski definition) is 2. The van der Waals surface area contributed by atoms with E-state index >= 15 is 0 Å². The Morgan fingerprint density at radius 3 is 2.53 bits per heavy atom. The molecule has 0 saturated heterocycles. The van der Waals surface area contributed by atoms with Gasteiger partial charge in [0, 0.05) is 39.8 Å². The van der Waals surface area contributed by atoms with Crippen molar-refractivity contribution >= 4 is 28.3 Å². The van der Waals surface area contributed by atoms with Crippen LogP contribution in [0, 0.1) is 6.08 Å². The first-order valence-corrected chi connectivity index (χ1v) is 6.86. The average molecular weight is 441 g/mol. The maximum absolute atomic E-state index is 5.44. The van der Waals surface area contributed by atoms with Gasteiger partial charge in [-0.1, -0.05) is 21.4 Å². The van der Waals surface area contributed by atoms with Gasteiger partial charge in [0.1, 0.15) is 5.75 Å². The van der Waals surface area contributed by atoms with Crippen LogP contribution in [-0.4, -0.2) is 18.6 Å². The Bertz CT molecular complexity index is 519. The van der Waals surface area contributed by atoms with Gasteiger partial charge in [0.15, 0.2) is 0 Å². The second-order valence-electron chi connectivity index (χ2n) is 3.95. The minimum Gasteiger partial charge on any atom is -0.494 e. The molecule has 97 valence electrons. The number of benzene rings is 1. The zero-order valence-electron chi connectivity index (χ0n) is 11.1. The molecule has 1 radical (unpaired) electrons. The van der Waals surface area contributed by atoms with E-state index in [2.05, 4.69) is 40.1 Å². The number of nitrogens with zero attached hydrogens (tertiary/aromatic N) is 1. The van der Waals surface area contributed by atoms with Crippen LogP contribution in [0.25, 0.3) is 5.70 Å². The molecule has 1 aromatic carbocycles. The van der Waals surface area contributed by atoms with Gasteiger partial charge in [0.25, 0.3) is 0 Å². The molecule has 0 atom stereocenters. The predicted octanol–water partition coefficient (Wildman–Crippen LogP) is 4.00. The first-order chi connectivity index (χ1) is 8.63. The van der Waals surface area contributed by atoms with Gasteiger partial charge in [-0.15, -0.1) is 34.7 Å². The summed E-state index contributed by atoms with van der Waals surface area (Å²) in [5.41, 5.74) is 3.14. The summed E-state index contributed by atoms with van der Waals surface area (Å²) >= 11 is 2.27. The van der Waals surface area contributed by atoms with Crippen molar-refractivity contribution < 1.29 is 37.4 Å². The summed E-state index contributed by atoms with van der Waals surface area (Å²) in [4.78, 5) is 2.05. The Morgan fingerprint density at radius 1 is 1.32 bits per heavy atom. The number of hydrogen-bond donors (Lipinski definition) is 0. The molecule has 2 rings (SSSR count). The molecule has 4 heteroatoms. The van der Waals surface area contributed by atoms with Gasteiger partial charge in [-0.3, -0.25) is 0 Å². The van der Waals surface area contributed by atoms with Crippen LogP contribution in [0.5, 0.6) is 5.75 Å². The van der Waals surface area contributed by atoms with Crippen molar-refractivity contribution in [1.29, 1.82) is 0 Å². The molecule has 0 aromatic heterocycles. The zero-order valence-corrected chi connectivity index (χ0v) is 16.1. The standard InChI is InChI=1S/C15H15INO.Y/c1-4-18-13-7-5-12(6-8-13)15-10-9-14(16)11(2)17(15)3;/h5-9H,2,4H2,1,3H3;/q-1;. The fourth-order valence-corrected chi connectivity index (χ4v) is 2.28. The second kappa shape index (κ2) is 7.60. The molecule has 1 heterocycles. The molecule has 0 spiro atoms. The summed E-state index contributed by atoms with van der Waals surface area (Å²) in [6.45, 7) is 6.73. The molecule has 1 aliphatic rings. The van der Waals surface area contributed by atoms with Gasteiger partial charge in [0.2, 0.25) is 0 Å². The van der Waals surface area contributed by atoms with Gasteiger partial charge < -0.3 is 9.64 Å². The minimum atomic E-state index is 0. The molecule has 2 nitrogen and oxygen atoms in total. The summed E-state index contributed by atoms with van der Waals surface area (Å²) < 4.78 is 6.55. The summed E-state index contributed by atoms with van der Waals surface area (Å²) in [6.07, 6.45) is 5.26. The van der Waals surface area contributed by atoms with Gasteiger partial charge in [0.05, 0.1) is 6.61 Å². The van der Waals surface area contributed by atoms with Crippen molar-refractivity contribution in [2.45, 2.75) is 6.92 Å². The van der Waals surface area contributed by atoms with Gasteiger partial charge in [-0.05, 0) is 24.8 Å². The SMILES string of the molecule is C=C1C(I)=C[C-]=C(c2ccc(OCC)cc2)N1C.[Y]. The molecule has 0 fully saturated rings. The Morgan fingerprint density at radius 2 is 1.95 bits per heavy atom. The Labute approximate surface area is 153 Å². The largest absolute Gasteiger partial charge is 0.494 e. The smallest absolute Gasteiger partial charge is 0.117 e. The fraction of sp³-hybridized carbons (Fsp3) is 0.200. The van der Waals surface area contributed by atoms with Crippen LogP contribution >= 0.6 is 22.6 Å². The molecule has 1 aromatic rings. The van der Waals surface area contributed by atoms with E-state index < -0.39 is 0 Å². The third-order valence-corrected chi connectivity index (χ3v) is 3.72. The van der Waals surface area contributed by atoms with Crippen molar-refractivity contribution in [3.63, 3.8) is 0 Å². The number of ether oxygens (including phenoxy) is 1. The van der Waals surface area contributed by atoms with Gasteiger partial charge in [-0.25, -0.2) is 0 Å². The van der Waals surface area contributed by atoms with Gasteiger partial charge in [-0.2, -0.15) is 12.2 Å². The predicted molar refractivity (Wildman–Crippen MR) is 83.3 cm³/mol. The van der Waals surface area contributed by atoms with Crippen LogP contribution in [0.2, 0.25) is 0 Å². The quantitative estimate of drug-likeness (QED) is 0.520. The number of rotatable bonds is 3. The minimum absolute atomic E-state index is 0. The number of halogens is 1. The van der Waals surface area contributed by atoms with E-state index in [9.17, 15) is 0 Å². The molecule has 0 saturated carbocycles. The van der Waals surface area contributed by atoms with Crippen LogP contribution in [0.3, 0.4) is 0 Å². The Kier molecular flexibility index (Phi) is 6.77. The van der Waals surface area contributed by atoms with Crippen molar-refractivity contribution in [3.05, 3.63) is 57.8 Å². The third kappa shape index (κ3) is 3.93. The van der Waals surface area contributed by atoms with E-state index in [1.165, 1.54) is 0 Å². The summed E-state index contributed by atoms with van der Waals surface area (Å²) in [5, 5.41) is 0. The molecule has 0 amide bonds. The van der Waals surface area contributed by atoms with E-state index in [1.54, 1.807) is 0 Å².